The third-order valence-corrected chi connectivity index (χ3v) is 6.37. The number of allylic oxidation sites excluding steroid dienone is 2. The van der Waals surface area contributed by atoms with Gasteiger partial charge in [0.05, 0.1) is 11.1 Å². The van der Waals surface area contributed by atoms with Gasteiger partial charge in [0.25, 0.3) is 5.56 Å². The van der Waals surface area contributed by atoms with Gasteiger partial charge >= 0.3 is 6.18 Å². The number of alkyl halides is 3. The van der Waals surface area contributed by atoms with Gasteiger partial charge in [0.15, 0.2) is 5.16 Å². The van der Waals surface area contributed by atoms with Gasteiger partial charge in [0.2, 0.25) is 0 Å². The zero-order valence-electron chi connectivity index (χ0n) is 20.1. The second-order valence-electron chi connectivity index (χ2n) is 7.86. The summed E-state index contributed by atoms with van der Waals surface area (Å²) >= 11 is 1.22. The van der Waals surface area contributed by atoms with Crippen LogP contribution in [0, 0.1) is 22.6 Å². The normalized spacial score (nSPS) is 12.8. The van der Waals surface area contributed by atoms with E-state index in [9.17, 15) is 27.6 Å². The number of aromatic nitrogens is 2. The predicted octanol–water partition coefficient (Wildman–Crippen LogP) is 6.61. The van der Waals surface area contributed by atoms with Crippen molar-refractivity contribution in [1.29, 1.82) is 10.7 Å². The smallest absolute Gasteiger partial charge is 0.419 e. The van der Waals surface area contributed by atoms with Crippen molar-refractivity contribution < 1.29 is 22.3 Å². The maximum absolute atomic E-state index is 13.5. The van der Waals surface area contributed by atoms with Crippen LogP contribution < -0.4 is 10.3 Å². The fourth-order valence-corrected chi connectivity index (χ4v) is 4.19. The van der Waals surface area contributed by atoms with Gasteiger partial charge in [0, 0.05) is 29.6 Å². The van der Waals surface area contributed by atoms with Gasteiger partial charge in [-0.1, -0.05) is 30.8 Å². The number of aromatic amines is 1. The Labute approximate surface area is 219 Å². The summed E-state index contributed by atoms with van der Waals surface area (Å²) in [6.07, 6.45) is 0.791. The Morgan fingerprint density at radius 2 is 2.08 bits per heavy atom. The van der Waals surface area contributed by atoms with Crippen molar-refractivity contribution in [2.75, 3.05) is 0 Å². The first-order chi connectivity index (χ1) is 18.1. The predicted molar refractivity (Wildman–Crippen MR) is 136 cm³/mol. The molecule has 0 unspecified atom stereocenters. The molecule has 1 aromatic heterocycles. The molecule has 0 amide bonds. The number of H-pyrrole nitrogens is 1. The Kier molecular flexibility index (Phi) is 9.20. The van der Waals surface area contributed by atoms with Crippen LogP contribution in [0.5, 0.6) is 11.5 Å². The molecule has 3 aromatic rings. The van der Waals surface area contributed by atoms with Gasteiger partial charge in [0.1, 0.15) is 29.7 Å². The molecule has 2 N–H and O–H groups in total. The minimum Gasteiger partial charge on any atom is -0.456 e. The van der Waals surface area contributed by atoms with E-state index in [4.69, 9.17) is 10.1 Å². The summed E-state index contributed by atoms with van der Waals surface area (Å²) < 4.78 is 57.9. The molecule has 196 valence electrons. The first-order valence-corrected chi connectivity index (χ1v) is 12.0. The van der Waals surface area contributed by atoms with Crippen LogP contribution in [0.25, 0.3) is 0 Å². The summed E-state index contributed by atoms with van der Waals surface area (Å²) in [5, 5.41) is 16.9. The fraction of sp³-hybridized carbons (Fsp3) is 0.192. The average Bonchev–Trinajstić information content (AvgIpc) is 2.88. The van der Waals surface area contributed by atoms with E-state index in [2.05, 4.69) is 15.0 Å². The number of nitriles is 1. The summed E-state index contributed by atoms with van der Waals surface area (Å²) in [6.45, 7) is 3.63. The molecule has 1 atom stereocenters. The largest absolute Gasteiger partial charge is 0.456 e. The molecule has 38 heavy (non-hydrogen) atoms. The molecule has 0 radical (unpaired) electrons. The van der Waals surface area contributed by atoms with Gasteiger partial charge in [-0.3, -0.25) is 10.2 Å². The third kappa shape index (κ3) is 6.95. The number of nitrogens with one attached hydrogen (secondary N) is 2. The Morgan fingerprint density at radius 3 is 2.71 bits per heavy atom. The Hall–Kier alpha value is -4.24. The van der Waals surface area contributed by atoms with Crippen LogP contribution in [-0.2, 0) is 11.9 Å². The van der Waals surface area contributed by atoms with Crippen molar-refractivity contribution in [1.82, 2.24) is 9.97 Å². The van der Waals surface area contributed by atoms with Gasteiger partial charge in [-0.05, 0) is 48.4 Å². The molecule has 7 nitrogen and oxygen atoms in total. The maximum Gasteiger partial charge on any atom is 0.419 e. The first kappa shape index (κ1) is 28.3. The zero-order chi connectivity index (χ0) is 27.9. The van der Waals surface area contributed by atoms with E-state index >= 15 is 0 Å². The highest BCUT2D eigenvalue weighted by atomic mass is 32.2. The summed E-state index contributed by atoms with van der Waals surface area (Å²) in [7, 11) is 0. The maximum atomic E-state index is 13.5. The first-order valence-electron chi connectivity index (χ1n) is 11.0. The standard InChI is InChI=1S/C26H21F4N5O2S/c1-3-17(11-33-14-32)15(2)20-12-34-25(35-24(20)36)38-13-16-4-7-23(18(8-16)10-31)37-19-5-6-22(27)21(9-19)26(28,29)30/h3-9,11-12,14-15,32H,13H2,1-2H3,(H,34,35,36)/b17-3+,32-14?,33-11?/t15-/m1/s1. The van der Waals surface area contributed by atoms with E-state index in [1.807, 2.05) is 13.0 Å². The number of ether oxygens (including phenoxy) is 1. The highest BCUT2D eigenvalue weighted by molar-refractivity contribution is 7.98. The number of aliphatic imine (C=N–C) groups is 1. The molecule has 0 aliphatic heterocycles. The van der Waals surface area contributed by atoms with E-state index in [1.54, 1.807) is 19.1 Å². The fourth-order valence-electron chi connectivity index (χ4n) is 3.42. The lowest BCUT2D eigenvalue weighted by Crippen LogP contribution is -2.18. The molecule has 0 spiro atoms. The zero-order valence-corrected chi connectivity index (χ0v) is 21.0. The Morgan fingerprint density at radius 1 is 1.32 bits per heavy atom. The summed E-state index contributed by atoms with van der Waals surface area (Å²) in [4.78, 5) is 23.4. The lowest BCUT2D eigenvalue weighted by molar-refractivity contribution is -0.140. The van der Waals surface area contributed by atoms with E-state index in [0.717, 1.165) is 18.0 Å². The minimum atomic E-state index is -4.89. The van der Waals surface area contributed by atoms with Crippen molar-refractivity contribution in [2.24, 2.45) is 4.99 Å². The third-order valence-electron chi connectivity index (χ3n) is 5.41. The van der Waals surface area contributed by atoms with Crippen LogP contribution in [0.2, 0.25) is 0 Å². The molecule has 2 aromatic carbocycles. The van der Waals surface area contributed by atoms with Crippen molar-refractivity contribution in [3.63, 3.8) is 0 Å². The van der Waals surface area contributed by atoms with E-state index in [0.29, 0.717) is 34.2 Å². The quantitative estimate of drug-likeness (QED) is 0.104. The molecule has 0 aliphatic carbocycles. The van der Waals surface area contributed by atoms with Crippen molar-refractivity contribution in [3.05, 3.63) is 92.7 Å². The molecular formula is C26H21F4N5O2S. The van der Waals surface area contributed by atoms with Crippen LogP contribution in [0.3, 0.4) is 0 Å². The summed E-state index contributed by atoms with van der Waals surface area (Å²) in [5.74, 6) is -1.65. The monoisotopic (exact) mass is 543 g/mol. The van der Waals surface area contributed by atoms with Crippen LogP contribution in [0.15, 0.2) is 69.2 Å². The number of halogens is 4. The molecule has 0 aliphatic rings. The Balaban J connectivity index is 1.74. The SMILES string of the molecule is C/C=C(\C=NC=N)[C@@H](C)c1cnc(SCc2ccc(Oc3ccc(F)c(C(F)(F)F)c3)c(C#N)c2)[nH]c1=O. The van der Waals surface area contributed by atoms with Crippen molar-refractivity contribution in [2.45, 2.75) is 36.9 Å². The second-order valence-corrected chi connectivity index (χ2v) is 8.83. The van der Waals surface area contributed by atoms with Gasteiger partial charge in [-0.25, -0.2) is 14.4 Å². The Bertz CT molecular complexity index is 1490. The van der Waals surface area contributed by atoms with E-state index < -0.39 is 17.6 Å². The van der Waals surface area contributed by atoms with E-state index in [-0.39, 0.29) is 28.5 Å². The molecule has 0 saturated carbocycles. The van der Waals surface area contributed by atoms with Crippen LogP contribution in [-0.4, -0.2) is 22.5 Å². The summed E-state index contributed by atoms with van der Waals surface area (Å²) in [6, 6.07) is 8.72. The number of benzene rings is 2. The van der Waals surface area contributed by atoms with Crippen LogP contribution in [0.1, 0.15) is 42.0 Å². The lowest BCUT2D eigenvalue weighted by atomic mass is 9.95. The van der Waals surface area contributed by atoms with E-state index in [1.165, 1.54) is 36.3 Å². The highest BCUT2D eigenvalue weighted by Gasteiger charge is 2.34. The topological polar surface area (TPSA) is 115 Å². The van der Waals surface area contributed by atoms with Crippen LogP contribution >= 0.6 is 11.8 Å². The number of nitrogens with zero attached hydrogens (tertiary/aromatic N) is 3. The number of thioether (sulfide) groups is 1. The molecule has 1 heterocycles. The second kappa shape index (κ2) is 12.3. The molecule has 0 bridgehead atoms. The number of rotatable bonds is 9. The van der Waals surface area contributed by atoms with Crippen molar-refractivity contribution >= 4 is 24.3 Å². The lowest BCUT2D eigenvalue weighted by Gasteiger charge is -2.13. The molecule has 12 heteroatoms. The molecule has 0 fully saturated rings. The average molecular weight is 544 g/mol. The molecule has 3 rings (SSSR count). The van der Waals surface area contributed by atoms with Gasteiger partial charge < -0.3 is 9.72 Å². The summed E-state index contributed by atoms with van der Waals surface area (Å²) in [5.41, 5.74) is 0.135. The van der Waals surface area contributed by atoms with Crippen molar-refractivity contribution in [3.8, 4) is 17.6 Å². The van der Waals surface area contributed by atoms with Gasteiger partial charge in [-0.15, -0.1) is 0 Å². The van der Waals surface area contributed by atoms with Gasteiger partial charge in [-0.2, -0.15) is 18.4 Å². The molecular weight excluding hydrogens is 522 g/mol. The minimum absolute atomic E-state index is 0.0113. The highest BCUT2D eigenvalue weighted by Crippen LogP contribution is 2.35. The number of hydrogen-bond acceptors (Lipinski definition) is 6. The molecule has 0 saturated heterocycles. The number of hydrogen-bond donors (Lipinski definition) is 2. The van der Waals surface area contributed by atoms with Crippen LogP contribution in [0.4, 0.5) is 17.6 Å².